The minimum atomic E-state index is -0.570. The van der Waals surface area contributed by atoms with E-state index in [2.05, 4.69) is 5.32 Å². The number of nitrogens with one attached hydrogen (secondary N) is 1. The maximum Gasteiger partial charge on any atom is 0.322 e. The van der Waals surface area contributed by atoms with Crippen LogP contribution in [0.1, 0.15) is 10.6 Å². The number of furan rings is 1. The Hall–Kier alpha value is -3.03. The highest BCUT2D eigenvalue weighted by Crippen LogP contribution is 2.21. The molecule has 25 heavy (non-hydrogen) atoms. The van der Waals surface area contributed by atoms with Crippen molar-refractivity contribution in [3.05, 3.63) is 48.2 Å². The van der Waals surface area contributed by atoms with E-state index in [4.69, 9.17) is 9.15 Å². The van der Waals surface area contributed by atoms with E-state index in [9.17, 15) is 14.0 Å². The van der Waals surface area contributed by atoms with Gasteiger partial charge in [0, 0.05) is 32.2 Å². The Kier molecular flexibility index (Phi) is 4.87. The van der Waals surface area contributed by atoms with Gasteiger partial charge in [-0.05, 0) is 24.3 Å². The van der Waals surface area contributed by atoms with Crippen LogP contribution >= 0.6 is 0 Å². The number of urea groups is 1. The fourth-order valence-electron chi connectivity index (χ4n) is 2.59. The second kappa shape index (κ2) is 7.25. The molecule has 0 radical (unpaired) electrons. The number of hydrogen-bond acceptors (Lipinski definition) is 4. The normalized spacial score (nSPS) is 14.3. The molecule has 0 spiro atoms. The summed E-state index contributed by atoms with van der Waals surface area (Å²) in [6, 6.07) is 7.07. The number of halogens is 1. The predicted molar refractivity (Wildman–Crippen MR) is 88.2 cm³/mol. The lowest BCUT2D eigenvalue weighted by molar-refractivity contribution is 0.0640. The average molecular weight is 347 g/mol. The van der Waals surface area contributed by atoms with Gasteiger partial charge in [-0.1, -0.05) is 0 Å². The highest BCUT2D eigenvalue weighted by molar-refractivity contribution is 5.92. The van der Waals surface area contributed by atoms with E-state index in [0.29, 0.717) is 31.9 Å². The van der Waals surface area contributed by atoms with E-state index < -0.39 is 11.8 Å². The number of benzene rings is 1. The number of carbonyl (C=O) groups excluding carboxylic acids is 2. The van der Waals surface area contributed by atoms with Crippen molar-refractivity contribution >= 4 is 17.6 Å². The first-order valence-corrected chi connectivity index (χ1v) is 7.80. The van der Waals surface area contributed by atoms with Crippen molar-refractivity contribution in [1.82, 2.24) is 9.80 Å². The molecule has 1 aromatic carbocycles. The fraction of sp³-hybridized carbons (Fsp3) is 0.294. The molecular weight excluding hydrogens is 329 g/mol. The summed E-state index contributed by atoms with van der Waals surface area (Å²) in [6.45, 7) is 1.49. The van der Waals surface area contributed by atoms with Crippen LogP contribution in [0.5, 0.6) is 5.75 Å². The summed E-state index contributed by atoms with van der Waals surface area (Å²) in [5.41, 5.74) is 0.0832. The van der Waals surface area contributed by atoms with E-state index in [1.807, 2.05) is 0 Å². The summed E-state index contributed by atoms with van der Waals surface area (Å²) < 4.78 is 23.9. The third kappa shape index (κ3) is 3.73. The van der Waals surface area contributed by atoms with Crippen LogP contribution in [0.15, 0.2) is 41.0 Å². The van der Waals surface area contributed by atoms with E-state index in [0.717, 1.165) is 0 Å². The number of methoxy groups -OCH3 is 1. The molecule has 132 valence electrons. The Labute approximate surface area is 144 Å². The lowest BCUT2D eigenvalue weighted by atomic mass is 10.2. The second-order valence-electron chi connectivity index (χ2n) is 5.53. The Morgan fingerprint density at radius 3 is 2.48 bits per heavy atom. The van der Waals surface area contributed by atoms with Gasteiger partial charge in [-0.2, -0.15) is 0 Å². The molecule has 1 aliphatic rings. The molecule has 0 atom stereocenters. The van der Waals surface area contributed by atoms with Crippen molar-refractivity contribution in [3.8, 4) is 5.75 Å². The van der Waals surface area contributed by atoms with Crippen LogP contribution in [-0.2, 0) is 0 Å². The number of amides is 3. The van der Waals surface area contributed by atoms with Gasteiger partial charge < -0.3 is 24.3 Å². The van der Waals surface area contributed by atoms with Crippen LogP contribution < -0.4 is 10.1 Å². The molecule has 1 saturated heterocycles. The van der Waals surface area contributed by atoms with Gasteiger partial charge in [-0.25, -0.2) is 9.18 Å². The molecule has 1 fully saturated rings. The minimum absolute atomic E-state index is 0.0832. The number of anilines is 1. The van der Waals surface area contributed by atoms with Crippen LogP contribution in [0.2, 0.25) is 0 Å². The van der Waals surface area contributed by atoms with Gasteiger partial charge in [-0.15, -0.1) is 0 Å². The van der Waals surface area contributed by atoms with Crippen LogP contribution in [0.25, 0.3) is 0 Å². The molecular formula is C17H18FN3O4. The third-order valence-electron chi connectivity index (χ3n) is 4.00. The van der Waals surface area contributed by atoms with Gasteiger partial charge in [0.25, 0.3) is 5.91 Å². The molecule has 1 aliphatic heterocycles. The van der Waals surface area contributed by atoms with Gasteiger partial charge in [-0.3, -0.25) is 4.79 Å². The van der Waals surface area contributed by atoms with Crippen molar-refractivity contribution in [2.75, 3.05) is 38.6 Å². The smallest absolute Gasteiger partial charge is 0.322 e. The summed E-state index contributed by atoms with van der Waals surface area (Å²) in [4.78, 5) is 27.6. The maximum atomic E-state index is 13.9. The summed E-state index contributed by atoms with van der Waals surface area (Å²) in [5.74, 6) is -0.121. The minimum Gasteiger partial charge on any atom is -0.497 e. The molecule has 1 N–H and O–H groups in total. The van der Waals surface area contributed by atoms with Crippen molar-refractivity contribution in [1.29, 1.82) is 0 Å². The van der Waals surface area contributed by atoms with E-state index in [1.54, 1.807) is 23.1 Å². The summed E-state index contributed by atoms with van der Waals surface area (Å²) in [5, 5.41) is 2.54. The standard InChI is InChI=1S/C17H18FN3O4/c1-24-12-4-5-14(13(18)11-12)19-17(23)21-8-6-20(7-9-21)16(22)15-3-2-10-25-15/h2-5,10-11H,6-9H2,1H3,(H,19,23). The molecule has 0 saturated carbocycles. The zero-order valence-corrected chi connectivity index (χ0v) is 13.7. The fourth-order valence-corrected chi connectivity index (χ4v) is 2.59. The molecule has 2 heterocycles. The zero-order chi connectivity index (χ0) is 17.8. The molecule has 2 aromatic rings. The Balaban J connectivity index is 1.56. The lowest BCUT2D eigenvalue weighted by Gasteiger charge is -2.34. The SMILES string of the molecule is COc1ccc(NC(=O)N2CCN(C(=O)c3ccco3)CC2)c(F)c1. The van der Waals surface area contributed by atoms with Gasteiger partial charge >= 0.3 is 6.03 Å². The van der Waals surface area contributed by atoms with E-state index in [1.165, 1.54) is 30.4 Å². The molecule has 3 amide bonds. The van der Waals surface area contributed by atoms with Crippen molar-refractivity contribution in [2.45, 2.75) is 0 Å². The highest BCUT2D eigenvalue weighted by Gasteiger charge is 2.26. The summed E-state index contributed by atoms with van der Waals surface area (Å²) >= 11 is 0. The number of carbonyl (C=O) groups is 2. The number of hydrogen-bond donors (Lipinski definition) is 1. The topological polar surface area (TPSA) is 75.0 Å². The van der Waals surface area contributed by atoms with Crippen molar-refractivity contribution < 1.29 is 23.1 Å². The first-order chi connectivity index (χ1) is 12.1. The summed E-state index contributed by atoms with van der Waals surface area (Å²) in [6.07, 6.45) is 1.44. The number of piperazine rings is 1. The third-order valence-corrected chi connectivity index (χ3v) is 4.00. The van der Waals surface area contributed by atoms with Crippen LogP contribution in [0.3, 0.4) is 0 Å². The Morgan fingerprint density at radius 2 is 1.88 bits per heavy atom. The van der Waals surface area contributed by atoms with Gasteiger partial charge in [0.05, 0.1) is 19.1 Å². The van der Waals surface area contributed by atoms with Crippen LogP contribution in [0.4, 0.5) is 14.9 Å². The Bertz CT molecular complexity index is 755. The molecule has 1 aromatic heterocycles. The molecule has 0 aliphatic carbocycles. The highest BCUT2D eigenvalue weighted by atomic mass is 19.1. The van der Waals surface area contributed by atoms with Crippen LogP contribution in [-0.4, -0.2) is 55.0 Å². The lowest BCUT2D eigenvalue weighted by Crippen LogP contribution is -2.51. The second-order valence-corrected chi connectivity index (χ2v) is 5.53. The number of nitrogens with zero attached hydrogens (tertiary/aromatic N) is 2. The van der Waals surface area contributed by atoms with Crippen molar-refractivity contribution in [2.24, 2.45) is 0 Å². The zero-order valence-electron chi connectivity index (χ0n) is 13.7. The van der Waals surface area contributed by atoms with Gasteiger partial charge in [0.1, 0.15) is 11.6 Å². The molecule has 8 heteroatoms. The quantitative estimate of drug-likeness (QED) is 0.925. The molecule has 3 rings (SSSR count). The first-order valence-electron chi connectivity index (χ1n) is 7.80. The largest absolute Gasteiger partial charge is 0.497 e. The monoisotopic (exact) mass is 347 g/mol. The predicted octanol–water partition coefficient (Wildman–Crippen LogP) is 2.42. The number of ether oxygens (including phenoxy) is 1. The molecule has 7 nitrogen and oxygen atoms in total. The first kappa shape index (κ1) is 16.8. The van der Waals surface area contributed by atoms with E-state index in [-0.39, 0.29) is 17.4 Å². The number of rotatable bonds is 3. The van der Waals surface area contributed by atoms with E-state index >= 15 is 0 Å². The molecule has 0 unspecified atom stereocenters. The van der Waals surface area contributed by atoms with Crippen LogP contribution in [0, 0.1) is 5.82 Å². The Morgan fingerprint density at radius 1 is 1.16 bits per heavy atom. The van der Waals surface area contributed by atoms with Gasteiger partial charge in [0.15, 0.2) is 5.76 Å². The maximum absolute atomic E-state index is 13.9. The average Bonchev–Trinajstić information content (AvgIpc) is 3.17. The van der Waals surface area contributed by atoms with Gasteiger partial charge in [0.2, 0.25) is 0 Å². The van der Waals surface area contributed by atoms with Crippen molar-refractivity contribution in [3.63, 3.8) is 0 Å². The summed E-state index contributed by atoms with van der Waals surface area (Å²) in [7, 11) is 1.44. The molecule has 0 bridgehead atoms.